The molecular formula is C20H21N3O2. The van der Waals surface area contributed by atoms with Gasteiger partial charge in [0.25, 0.3) is 5.91 Å². The van der Waals surface area contributed by atoms with E-state index in [4.69, 9.17) is 4.74 Å². The minimum atomic E-state index is 0.0353. The van der Waals surface area contributed by atoms with Crippen LogP contribution in [-0.4, -0.2) is 40.7 Å². The number of fused-ring (bicyclic) bond motifs is 3. The number of amides is 1. The highest BCUT2D eigenvalue weighted by atomic mass is 16.5. The lowest BCUT2D eigenvalue weighted by atomic mass is 9.74. The summed E-state index contributed by atoms with van der Waals surface area (Å²) in [5.41, 5.74) is 5.38. The quantitative estimate of drug-likeness (QED) is 0.872. The number of carbonyl (C=O) groups excluding carboxylic acids is 1. The van der Waals surface area contributed by atoms with Gasteiger partial charge in [0.2, 0.25) is 0 Å². The Morgan fingerprint density at radius 3 is 2.96 bits per heavy atom. The molecule has 0 atom stereocenters. The average molecular weight is 335 g/mol. The maximum absolute atomic E-state index is 13.0. The first-order valence-corrected chi connectivity index (χ1v) is 8.99. The number of aromatic amines is 1. The number of hydrogen-bond acceptors (Lipinski definition) is 3. The zero-order valence-electron chi connectivity index (χ0n) is 14.1. The zero-order valence-corrected chi connectivity index (χ0v) is 14.1. The molecule has 3 aliphatic rings. The van der Waals surface area contributed by atoms with Crippen molar-refractivity contribution in [3.05, 3.63) is 58.4 Å². The minimum absolute atomic E-state index is 0.0353. The fourth-order valence-electron chi connectivity index (χ4n) is 4.42. The maximum atomic E-state index is 13.0. The molecule has 1 spiro atoms. The van der Waals surface area contributed by atoms with E-state index < -0.39 is 0 Å². The lowest BCUT2D eigenvalue weighted by molar-refractivity contribution is 0.0672. The van der Waals surface area contributed by atoms with Gasteiger partial charge in [0.15, 0.2) is 5.69 Å². The second-order valence-corrected chi connectivity index (χ2v) is 7.20. The third kappa shape index (κ3) is 2.26. The molecule has 0 unspecified atom stereocenters. The summed E-state index contributed by atoms with van der Waals surface area (Å²) >= 11 is 0. The van der Waals surface area contributed by atoms with Crippen LogP contribution in [0.2, 0.25) is 0 Å². The smallest absolute Gasteiger partial charge is 0.274 e. The van der Waals surface area contributed by atoms with Crippen molar-refractivity contribution in [2.75, 3.05) is 19.7 Å². The van der Waals surface area contributed by atoms with E-state index in [0.29, 0.717) is 18.9 Å². The van der Waals surface area contributed by atoms with Crippen molar-refractivity contribution in [2.45, 2.75) is 31.3 Å². The van der Waals surface area contributed by atoms with Crippen LogP contribution in [0.25, 0.3) is 6.08 Å². The van der Waals surface area contributed by atoms with Crippen LogP contribution in [-0.2, 0) is 23.2 Å². The van der Waals surface area contributed by atoms with Crippen molar-refractivity contribution in [3.8, 4) is 0 Å². The lowest BCUT2D eigenvalue weighted by Gasteiger charge is -2.39. The molecule has 0 radical (unpaired) electrons. The van der Waals surface area contributed by atoms with Gasteiger partial charge in [0.05, 0.1) is 13.2 Å². The van der Waals surface area contributed by atoms with Gasteiger partial charge in [-0.2, -0.15) is 5.10 Å². The molecule has 25 heavy (non-hydrogen) atoms. The van der Waals surface area contributed by atoms with Gasteiger partial charge in [-0.15, -0.1) is 0 Å². The number of nitrogens with one attached hydrogen (secondary N) is 1. The monoisotopic (exact) mass is 335 g/mol. The standard InChI is InChI=1S/C20H21N3O2/c24-19(18-15-13-25-12-6-17(15)21-22-18)23-10-8-20(9-11-23)7-5-14-3-1-2-4-16(14)20/h1-5,7H,6,8-13H2,(H,21,22). The van der Waals surface area contributed by atoms with E-state index in [1.165, 1.54) is 11.1 Å². The molecule has 2 aliphatic heterocycles. The molecule has 5 rings (SSSR count). The molecule has 1 N–H and O–H groups in total. The van der Waals surface area contributed by atoms with Crippen LogP contribution in [0.1, 0.15) is 45.7 Å². The molecule has 0 saturated carbocycles. The average Bonchev–Trinajstić information content (AvgIpc) is 3.25. The summed E-state index contributed by atoms with van der Waals surface area (Å²) in [7, 11) is 0. The topological polar surface area (TPSA) is 58.2 Å². The van der Waals surface area contributed by atoms with Gasteiger partial charge in [-0.25, -0.2) is 0 Å². The van der Waals surface area contributed by atoms with Crippen LogP contribution in [0, 0.1) is 0 Å². The Hall–Kier alpha value is -2.40. The van der Waals surface area contributed by atoms with Crippen molar-refractivity contribution in [2.24, 2.45) is 0 Å². The number of benzene rings is 1. The van der Waals surface area contributed by atoms with Crippen LogP contribution in [0.3, 0.4) is 0 Å². The van der Waals surface area contributed by atoms with Crippen molar-refractivity contribution < 1.29 is 9.53 Å². The van der Waals surface area contributed by atoms with Gasteiger partial charge in [0, 0.05) is 36.2 Å². The molecule has 1 fully saturated rings. The first-order valence-electron chi connectivity index (χ1n) is 8.99. The highest BCUT2D eigenvalue weighted by molar-refractivity contribution is 5.94. The molecular weight excluding hydrogens is 314 g/mol. The van der Waals surface area contributed by atoms with Crippen molar-refractivity contribution in [1.82, 2.24) is 15.1 Å². The van der Waals surface area contributed by atoms with E-state index in [9.17, 15) is 4.79 Å². The van der Waals surface area contributed by atoms with Gasteiger partial charge in [-0.3, -0.25) is 9.89 Å². The van der Waals surface area contributed by atoms with Crippen LogP contribution in [0.5, 0.6) is 0 Å². The second kappa shape index (κ2) is 5.56. The lowest BCUT2D eigenvalue weighted by Crippen LogP contribution is -2.44. The number of piperidine rings is 1. The predicted octanol–water partition coefficient (Wildman–Crippen LogP) is 2.68. The number of hydrogen-bond donors (Lipinski definition) is 1. The zero-order chi connectivity index (χ0) is 16.9. The van der Waals surface area contributed by atoms with Gasteiger partial charge in [-0.1, -0.05) is 36.4 Å². The number of carbonyl (C=O) groups is 1. The summed E-state index contributed by atoms with van der Waals surface area (Å²) in [6.45, 7) is 2.71. The molecule has 2 aromatic rings. The van der Waals surface area contributed by atoms with E-state index >= 15 is 0 Å². The number of rotatable bonds is 1. The van der Waals surface area contributed by atoms with Crippen molar-refractivity contribution in [3.63, 3.8) is 0 Å². The molecule has 1 amide bonds. The Morgan fingerprint density at radius 1 is 1.24 bits per heavy atom. The van der Waals surface area contributed by atoms with Crippen LogP contribution < -0.4 is 0 Å². The van der Waals surface area contributed by atoms with Crippen molar-refractivity contribution >= 4 is 12.0 Å². The third-order valence-electron chi connectivity index (χ3n) is 5.92. The van der Waals surface area contributed by atoms with E-state index in [1.807, 2.05) is 4.90 Å². The molecule has 1 aliphatic carbocycles. The largest absolute Gasteiger partial charge is 0.376 e. The Balaban J connectivity index is 1.35. The molecule has 3 heterocycles. The maximum Gasteiger partial charge on any atom is 0.274 e. The Kier molecular flexibility index (Phi) is 3.31. The molecule has 0 bridgehead atoms. The van der Waals surface area contributed by atoms with Gasteiger partial charge < -0.3 is 9.64 Å². The van der Waals surface area contributed by atoms with Gasteiger partial charge in [-0.05, 0) is 24.0 Å². The first kappa shape index (κ1) is 14.9. The highest BCUT2D eigenvalue weighted by Gasteiger charge is 2.39. The molecule has 1 saturated heterocycles. The van der Waals surface area contributed by atoms with E-state index in [0.717, 1.165) is 43.6 Å². The van der Waals surface area contributed by atoms with E-state index in [1.54, 1.807) is 0 Å². The Morgan fingerprint density at radius 2 is 2.08 bits per heavy atom. The number of allylic oxidation sites excluding steroid dienone is 1. The summed E-state index contributed by atoms with van der Waals surface area (Å²) < 4.78 is 5.51. The summed E-state index contributed by atoms with van der Waals surface area (Å²) in [5, 5.41) is 7.31. The Labute approximate surface area is 146 Å². The van der Waals surface area contributed by atoms with E-state index in [2.05, 4.69) is 46.6 Å². The number of aromatic nitrogens is 2. The fraction of sp³-hybridized carbons (Fsp3) is 0.400. The SMILES string of the molecule is O=C(c1n[nH]c2c1COCC2)N1CCC2(C=Cc3ccccc32)CC1. The minimum Gasteiger partial charge on any atom is -0.376 e. The highest BCUT2D eigenvalue weighted by Crippen LogP contribution is 2.43. The number of H-pyrrole nitrogens is 1. The van der Waals surface area contributed by atoms with Crippen LogP contribution in [0.15, 0.2) is 30.3 Å². The third-order valence-corrected chi connectivity index (χ3v) is 5.92. The summed E-state index contributed by atoms with van der Waals surface area (Å²) in [6.07, 6.45) is 7.31. The van der Waals surface area contributed by atoms with Gasteiger partial charge in [0.1, 0.15) is 0 Å². The predicted molar refractivity (Wildman–Crippen MR) is 94.2 cm³/mol. The summed E-state index contributed by atoms with van der Waals surface area (Å²) in [6, 6.07) is 8.60. The number of likely N-dealkylation sites (tertiary alicyclic amines) is 1. The van der Waals surface area contributed by atoms with Crippen molar-refractivity contribution in [1.29, 1.82) is 0 Å². The first-order chi connectivity index (χ1) is 12.3. The summed E-state index contributed by atoms with van der Waals surface area (Å²) in [5.74, 6) is 0.0353. The van der Waals surface area contributed by atoms with E-state index in [-0.39, 0.29) is 11.3 Å². The van der Waals surface area contributed by atoms with Gasteiger partial charge >= 0.3 is 0 Å². The number of ether oxygens (including phenoxy) is 1. The molecule has 5 heteroatoms. The van der Waals surface area contributed by atoms with Crippen LogP contribution in [0.4, 0.5) is 0 Å². The molecule has 128 valence electrons. The van der Waals surface area contributed by atoms with Crippen LogP contribution >= 0.6 is 0 Å². The summed E-state index contributed by atoms with van der Waals surface area (Å²) in [4.78, 5) is 14.9. The molecule has 1 aromatic carbocycles. The second-order valence-electron chi connectivity index (χ2n) is 7.20. The number of nitrogens with zero attached hydrogens (tertiary/aromatic N) is 2. The molecule has 5 nitrogen and oxygen atoms in total. The molecule has 1 aromatic heterocycles. The fourth-order valence-corrected chi connectivity index (χ4v) is 4.42. The Bertz CT molecular complexity index is 860. The normalized spacial score (nSPS) is 20.6.